The van der Waals surface area contributed by atoms with Gasteiger partial charge < -0.3 is 14.9 Å². The van der Waals surface area contributed by atoms with Crippen molar-refractivity contribution in [3.8, 4) is 0 Å². The van der Waals surface area contributed by atoms with E-state index in [0.29, 0.717) is 0 Å². The molecule has 0 heterocycles. The molecule has 2 saturated carbocycles. The molecule has 0 aromatic rings. The summed E-state index contributed by atoms with van der Waals surface area (Å²) in [5.41, 5.74) is 1.79. The van der Waals surface area contributed by atoms with Gasteiger partial charge in [-0.3, -0.25) is 0 Å². The van der Waals surface area contributed by atoms with E-state index in [1.54, 1.807) is 0 Å². The zero-order chi connectivity index (χ0) is 8.81. The molecule has 2 fully saturated rings. The molecule has 0 spiro atoms. The van der Waals surface area contributed by atoms with Gasteiger partial charge in [0.05, 0.1) is 0 Å². The van der Waals surface area contributed by atoms with Crippen molar-refractivity contribution in [2.45, 2.75) is 62.7 Å². The Morgan fingerprint density at radius 1 is 0.600 bits per heavy atom. The molecule has 0 radical (unpaired) electrons. The first-order chi connectivity index (χ1) is 5.80. The van der Waals surface area contributed by atoms with Crippen LogP contribution in [0.5, 0.6) is 0 Å². The fourth-order valence-electron chi connectivity index (χ4n) is 1.90. The summed E-state index contributed by atoms with van der Waals surface area (Å²) in [6.45, 7) is 0. The summed E-state index contributed by atoms with van der Waals surface area (Å²) in [6.07, 6.45) is 11.8. The number of rotatable bonds is 0. The summed E-state index contributed by atoms with van der Waals surface area (Å²) in [5.74, 6) is 0. The maximum atomic E-state index is 2.89. The van der Waals surface area contributed by atoms with Gasteiger partial charge in [-0.25, -0.2) is 0 Å². The number of hydrogen-bond donors (Lipinski definition) is 0. The molecule has 15 heavy (non-hydrogen) atoms. The molecular formula is C12H28FeP2. The first-order valence-corrected chi connectivity index (χ1v) is 6.65. The molecule has 0 aromatic heterocycles. The molecule has 3 heteroatoms. The van der Waals surface area contributed by atoms with Crippen molar-refractivity contribution in [3.05, 3.63) is 14.9 Å². The van der Waals surface area contributed by atoms with Gasteiger partial charge in [0.25, 0.3) is 0 Å². The van der Waals surface area contributed by atoms with E-state index in [1.165, 1.54) is 51.4 Å². The average molecular weight is 290 g/mol. The van der Waals surface area contributed by atoms with Crippen molar-refractivity contribution in [2.24, 2.45) is 0 Å². The Morgan fingerprint density at radius 3 is 1.00 bits per heavy atom. The number of hydrogen-bond acceptors (Lipinski definition) is 0. The summed E-state index contributed by atoms with van der Waals surface area (Å²) in [5, 5.41) is 0. The van der Waals surface area contributed by atoms with Gasteiger partial charge in [0.1, 0.15) is 0 Å². The predicted octanol–water partition coefficient (Wildman–Crippen LogP) is 4.51. The van der Waals surface area contributed by atoms with Gasteiger partial charge in [-0.2, -0.15) is 0 Å². The zero-order valence-corrected chi connectivity index (χ0v) is 13.7. The minimum Gasteiger partial charge on any atom is -0.358 e. The van der Waals surface area contributed by atoms with Crippen LogP contribution in [0, 0.1) is 14.9 Å². The fourth-order valence-corrected chi connectivity index (χ4v) is 2.76. The summed E-state index contributed by atoms with van der Waals surface area (Å²) in [7, 11) is 5.78. The second kappa shape index (κ2) is 13.4. The Labute approximate surface area is 113 Å². The molecule has 94 valence electrons. The monoisotopic (exact) mass is 290 g/mol. The topological polar surface area (TPSA) is 0 Å². The third-order valence-corrected chi connectivity index (χ3v) is 4.97. The molecule has 2 rings (SSSR count). The summed E-state index contributed by atoms with van der Waals surface area (Å²) < 4.78 is 0. The molecular weight excluding hydrogens is 262 g/mol. The van der Waals surface area contributed by atoms with Crippen LogP contribution in [0.15, 0.2) is 0 Å². The Bertz CT molecular complexity index is 101. The predicted molar refractivity (Wildman–Crippen MR) is 76.8 cm³/mol. The molecule has 0 aliphatic heterocycles. The third-order valence-electron chi connectivity index (χ3n) is 2.87. The van der Waals surface area contributed by atoms with Gasteiger partial charge in [-0.1, -0.05) is 38.5 Å². The molecule has 2 aliphatic rings. The quantitative estimate of drug-likeness (QED) is 0.350. The first kappa shape index (κ1) is 21.6. The Hall–Kier alpha value is 1.38. The molecule has 2 aliphatic carbocycles. The summed E-state index contributed by atoms with van der Waals surface area (Å²) in [6, 6.07) is 0. The van der Waals surface area contributed by atoms with Crippen LogP contribution in [0.4, 0.5) is 0 Å². The Morgan fingerprint density at radius 2 is 0.867 bits per heavy atom. The van der Waals surface area contributed by atoms with Crippen molar-refractivity contribution in [2.75, 3.05) is 0 Å². The van der Waals surface area contributed by atoms with Crippen LogP contribution in [-0.4, -0.2) is 11.3 Å². The summed E-state index contributed by atoms with van der Waals surface area (Å²) >= 11 is 0. The summed E-state index contributed by atoms with van der Waals surface area (Å²) in [4.78, 5) is 0. The Kier molecular flexibility index (Phi) is 19.4. The van der Waals surface area contributed by atoms with E-state index < -0.39 is 0 Å². The van der Waals surface area contributed by atoms with Gasteiger partial charge in [0.2, 0.25) is 0 Å². The van der Waals surface area contributed by atoms with E-state index in [9.17, 15) is 0 Å². The average Bonchev–Trinajstić information content (AvgIpc) is 2.67. The van der Waals surface area contributed by atoms with Gasteiger partial charge in [-0.15, -0.1) is 18.5 Å². The van der Waals surface area contributed by atoms with Crippen LogP contribution in [0.3, 0.4) is 0 Å². The van der Waals surface area contributed by atoms with E-state index in [-0.39, 0.29) is 31.9 Å². The van der Waals surface area contributed by atoms with Crippen molar-refractivity contribution >= 4 is 18.5 Å². The maximum absolute atomic E-state index is 2.89. The SMILES string of the molecule is C1CCCC1.PC1CCCC1P.[CH3-].[CH3-].[Fe+2]. The minimum absolute atomic E-state index is 0. The normalized spacial score (nSPS) is 27.6. The van der Waals surface area contributed by atoms with Crippen LogP contribution in [-0.2, 0) is 17.1 Å². The second-order valence-electron chi connectivity index (χ2n) is 4.03. The Balaban J connectivity index is -0.000000165. The first-order valence-electron chi connectivity index (χ1n) is 5.32. The van der Waals surface area contributed by atoms with Crippen LogP contribution in [0.1, 0.15) is 51.4 Å². The van der Waals surface area contributed by atoms with Gasteiger partial charge in [0.15, 0.2) is 0 Å². The molecule has 0 N–H and O–H groups in total. The van der Waals surface area contributed by atoms with E-state index in [2.05, 4.69) is 18.5 Å². The van der Waals surface area contributed by atoms with Crippen molar-refractivity contribution in [1.29, 1.82) is 0 Å². The molecule has 4 atom stereocenters. The largest absolute Gasteiger partial charge is 2.00 e. The van der Waals surface area contributed by atoms with Crippen molar-refractivity contribution < 1.29 is 17.1 Å². The zero-order valence-electron chi connectivity index (χ0n) is 10.3. The molecule has 0 aromatic carbocycles. The van der Waals surface area contributed by atoms with Crippen LogP contribution < -0.4 is 0 Å². The van der Waals surface area contributed by atoms with Gasteiger partial charge in [0, 0.05) is 0 Å². The fraction of sp³-hybridized carbons (Fsp3) is 0.833. The molecule has 0 bridgehead atoms. The minimum atomic E-state index is 0. The maximum Gasteiger partial charge on any atom is 2.00 e. The van der Waals surface area contributed by atoms with Crippen LogP contribution in [0.25, 0.3) is 0 Å². The standard InChI is InChI=1S/C5H12P2.C5H10.2CH3.Fe/c6-4-2-1-3-5(4)7;1-2-4-5-3-1;;;/h4-5H,1-3,6-7H2;1-5H2;2*1H3;/q;;2*-1;+2. The van der Waals surface area contributed by atoms with E-state index in [0.717, 1.165) is 11.3 Å². The van der Waals surface area contributed by atoms with Crippen molar-refractivity contribution in [1.82, 2.24) is 0 Å². The van der Waals surface area contributed by atoms with Crippen molar-refractivity contribution in [3.63, 3.8) is 0 Å². The molecule has 0 saturated heterocycles. The smallest absolute Gasteiger partial charge is 0.358 e. The molecule has 0 nitrogen and oxygen atoms in total. The van der Waals surface area contributed by atoms with Gasteiger partial charge in [-0.05, 0) is 24.2 Å². The third kappa shape index (κ3) is 10.3. The molecule has 0 amide bonds. The van der Waals surface area contributed by atoms with E-state index in [4.69, 9.17) is 0 Å². The molecule has 4 unspecified atom stereocenters. The van der Waals surface area contributed by atoms with E-state index >= 15 is 0 Å². The van der Waals surface area contributed by atoms with Crippen LogP contribution in [0.2, 0.25) is 0 Å². The second-order valence-corrected chi connectivity index (χ2v) is 5.74. The van der Waals surface area contributed by atoms with E-state index in [1.807, 2.05) is 0 Å². The van der Waals surface area contributed by atoms with Crippen LogP contribution >= 0.6 is 18.5 Å². The van der Waals surface area contributed by atoms with Gasteiger partial charge >= 0.3 is 17.1 Å².